The standard InChI is InChI=1S/C25H23ClFN5O5S/c1-14-4-6-17(7-5-14)38(36,37)32-13-19(18-9-15(26)11-29-23(18)32)21-28-12-20(27)22(31-21)30-16-3-2-8-25(35,10-16)24(33)34/h4-7,9,11-13,16,35H,2-3,8,10H2,1H3,(H,33,34)(H,28,30,31)/t16-,25+/m0/s1. The van der Waals surface area contributed by atoms with E-state index in [9.17, 15) is 27.8 Å². The van der Waals surface area contributed by atoms with Gasteiger partial charge in [-0.15, -0.1) is 0 Å². The number of aromatic nitrogens is 4. The minimum atomic E-state index is -4.06. The summed E-state index contributed by atoms with van der Waals surface area (Å²) >= 11 is 6.17. The van der Waals surface area contributed by atoms with E-state index in [2.05, 4.69) is 20.3 Å². The Bertz CT molecular complexity index is 1660. The van der Waals surface area contributed by atoms with Crippen molar-refractivity contribution in [2.45, 2.75) is 49.1 Å². The summed E-state index contributed by atoms with van der Waals surface area (Å²) in [4.78, 5) is 24.1. The highest BCUT2D eigenvalue weighted by Gasteiger charge is 2.41. The lowest BCUT2D eigenvalue weighted by atomic mass is 9.82. The zero-order valence-electron chi connectivity index (χ0n) is 20.1. The highest BCUT2D eigenvalue weighted by Crippen LogP contribution is 2.34. The first-order valence-corrected chi connectivity index (χ1v) is 13.5. The van der Waals surface area contributed by atoms with Crippen LogP contribution in [0.1, 0.15) is 31.2 Å². The van der Waals surface area contributed by atoms with Crippen LogP contribution in [-0.4, -0.2) is 55.2 Å². The van der Waals surface area contributed by atoms with Gasteiger partial charge in [-0.3, -0.25) is 0 Å². The van der Waals surface area contributed by atoms with Gasteiger partial charge < -0.3 is 15.5 Å². The number of nitrogens with zero attached hydrogens (tertiary/aromatic N) is 4. The lowest BCUT2D eigenvalue weighted by Crippen LogP contribution is -2.46. The van der Waals surface area contributed by atoms with Crippen molar-refractivity contribution >= 4 is 44.4 Å². The van der Waals surface area contributed by atoms with Crippen molar-refractivity contribution in [1.29, 1.82) is 0 Å². The smallest absolute Gasteiger partial charge is 0.335 e. The van der Waals surface area contributed by atoms with E-state index in [0.717, 1.165) is 15.7 Å². The molecule has 13 heteroatoms. The molecular weight excluding hydrogens is 537 g/mol. The summed E-state index contributed by atoms with van der Waals surface area (Å²) in [5.41, 5.74) is -0.681. The Labute approximate surface area is 222 Å². The summed E-state index contributed by atoms with van der Waals surface area (Å²) in [7, 11) is -4.06. The number of aryl methyl sites for hydroxylation is 1. The fourth-order valence-electron chi connectivity index (χ4n) is 4.60. The van der Waals surface area contributed by atoms with Crippen molar-refractivity contribution in [3.05, 3.63) is 65.3 Å². The van der Waals surface area contributed by atoms with Gasteiger partial charge in [-0.25, -0.2) is 36.5 Å². The molecule has 5 rings (SSSR count). The molecule has 0 amide bonds. The van der Waals surface area contributed by atoms with E-state index in [-0.39, 0.29) is 45.6 Å². The van der Waals surface area contributed by atoms with Gasteiger partial charge in [0.25, 0.3) is 10.0 Å². The maximum absolute atomic E-state index is 14.7. The van der Waals surface area contributed by atoms with Crippen LogP contribution in [0.4, 0.5) is 10.2 Å². The molecule has 0 bridgehead atoms. The van der Waals surface area contributed by atoms with Gasteiger partial charge in [-0.1, -0.05) is 29.3 Å². The number of pyridine rings is 1. The molecule has 0 aliphatic heterocycles. The van der Waals surface area contributed by atoms with Crippen LogP contribution in [0.15, 0.2) is 53.8 Å². The Balaban J connectivity index is 1.57. The average molecular weight is 560 g/mol. The molecule has 4 aromatic rings. The summed E-state index contributed by atoms with van der Waals surface area (Å²) in [5, 5.41) is 23.2. The highest BCUT2D eigenvalue weighted by atomic mass is 35.5. The highest BCUT2D eigenvalue weighted by molar-refractivity contribution is 7.90. The molecule has 3 aromatic heterocycles. The topological polar surface area (TPSA) is 147 Å². The van der Waals surface area contributed by atoms with Gasteiger partial charge in [0.05, 0.1) is 16.1 Å². The largest absolute Gasteiger partial charge is 0.479 e. The number of carboxylic acids is 1. The molecular formula is C25H23ClFN5O5S. The van der Waals surface area contributed by atoms with Crippen LogP contribution in [0.2, 0.25) is 5.02 Å². The summed E-state index contributed by atoms with van der Waals surface area (Å²) in [5.74, 6) is -2.32. The second-order valence-corrected chi connectivity index (χ2v) is 11.6. The maximum Gasteiger partial charge on any atom is 0.335 e. The van der Waals surface area contributed by atoms with E-state index in [0.29, 0.717) is 18.2 Å². The molecule has 0 radical (unpaired) electrons. The lowest BCUT2D eigenvalue weighted by molar-refractivity contribution is -0.162. The van der Waals surface area contributed by atoms with E-state index >= 15 is 0 Å². The predicted molar refractivity (Wildman–Crippen MR) is 138 cm³/mol. The summed E-state index contributed by atoms with van der Waals surface area (Å²) in [6.45, 7) is 1.84. The SMILES string of the molecule is Cc1ccc(S(=O)(=O)n2cc(-c3ncc(F)c(N[C@H]4CCC[C@](O)(C(=O)O)C4)n3)c3cc(Cl)cnc32)cc1. The minimum Gasteiger partial charge on any atom is -0.479 e. The molecule has 0 spiro atoms. The molecule has 1 aliphatic rings. The van der Waals surface area contributed by atoms with E-state index in [1.165, 1.54) is 30.6 Å². The third-order valence-corrected chi connectivity index (χ3v) is 8.48. The van der Waals surface area contributed by atoms with Gasteiger partial charge in [-0.2, -0.15) is 0 Å². The first-order valence-electron chi connectivity index (χ1n) is 11.7. The molecule has 198 valence electrons. The van der Waals surface area contributed by atoms with Crippen molar-refractivity contribution in [2.75, 3.05) is 5.32 Å². The number of rotatable bonds is 6. The number of hydrogen-bond acceptors (Lipinski definition) is 8. The Morgan fingerprint density at radius 3 is 2.68 bits per heavy atom. The van der Waals surface area contributed by atoms with Crippen molar-refractivity contribution in [3.8, 4) is 11.4 Å². The van der Waals surface area contributed by atoms with Crippen LogP contribution in [0.25, 0.3) is 22.4 Å². The zero-order chi connectivity index (χ0) is 27.2. The van der Waals surface area contributed by atoms with Gasteiger partial charge >= 0.3 is 5.97 Å². The number of aliphatic hydroxyl groups is 1. The van der Waals surface area contributed by atoms with Crippen LogP contribution >= 0.6 is 11.6 Å². The molecule has 0 unspecified atom stereocenters. The average Bonchev–Trinajstić information content (AvgIpc) is 3.25. The van der Waals surface area contributed by atoms with Gasteiger partial charge in [0.15, 0.2) is 28.7 Å². The Kier molecular flexibility index (Phi) is 6.58. The molecule has 2 atom stereocenters. The van der Waals surface area contributed by atoms with E-state index in [1.807, 2.05) is 6.92 Å². The molecule has 0 saturated heterocycles. The number of nitrogens with one attached hydrogen (secondary N) is 1. The van der Waals surface area contributed by atoms with Gasteiger partial charge in [0.2, 0.25) is 0 Å². The summed E-state index contributed by atoms with van der Waals surface area (Å²) < 4.78 is 42.7. The molecule has 38 heavy (non-hydrogen) atoms. The third-order valence-electron chi connectivity index (χ3n) is 6.61. The summed E-state index contributed by atoms with van der Waals surface area (Å²) in [6, 6.07) is 7.31. The van der Waals surface area contributed by atoms with E-state index < -0.39 is 33.5 Å². The van der Waals surface area contributed by atoms with Gasteiger partial charge in [-0.05, 0) is 44.4 Å². The molecule has 3 N–H and O–H groups in total. The molecule has 1 fully saturated rings. The second kappa shape index (κ2) is 9.61. The van der Waals surface area contributed by atoms with Crippen molar-refractivity contribution < 1.29 is 27.8 Å². The first-order chi connectivity index (χ1) is 18.0. The van der Waals surface area contributed by atoms with E-state index in [4.69, 9.17) is 11.6 Å². The number of halogens is 2. The quantitative estimate of drug-likeness (QED) is 0.319. The van der Waals surface area contributed by atoms with Crippen molar-refractivity contribution in [2.24, 2.45) is 0 Å². The van der Waals surface area contributed by atoms with Crippen LogP contribution in [0.5, 0.6) is 0 Å². The molecule has 1 aliphatic carbocycles. The normalized spacial score (nSPS) is 19.9. The first kappa shape index (κ1) is 26.0. The van der Waals surface area contributed by atoms with Crippen LogP contribution in [-0.2, 0) is 14.8 Å². The number of hydrogen-bond donors (Lipinski definition) is 3. The van der Waals surface area contributed by atoms with Gasteiger partial charge in [0.1, 0.15) is 0 Å². The molecule has 1 saturated carbocycles. The Morgan fingerprint density at radius 2 is 1.97 bits per heavy atom. The minimum absolute atomic E-state index is 0.00475. The number of fused-ring (bicyclic) bond motifs is 1. The fraction of sp³-hybridized carbons (Fsp3) is 0.280. The van der Waals surface area contributed by atoms with Crippen LogP contribution < -0.4 is 5.32 Å². The third kappa shape index (κ3) is 4.70. The zero-order valence-corrected chi connectivity index (χ0v) is 21.7. The monoisotopic (exact) mass is 559 g/mol. The number of carbonyl (C=O) groups is 1. The molecule has 3 heterocycles. The van der Waals surface area contributed by atoms with Gasteiger partial charge in [0, 0.05) is 35.8 Å². The van der Waals surface area contributed by atoms with Crippen LogP contribution in [0.3, 0.4) is 0 Å². The number of aliphatic carboxylic acids is 1. The lowest BCUT2D eigenvalue weighted by Gasteiger charge is -2.34. The second-order valence-electron chi connectivity index (χ2n) is 9.35. The molecule has 1 aromatic carbocycles. The number of anilines is 1. The maximum atomic E-state index is 14.7. The predicted octanol–water partition coefficient (Wildman–Crippen LogP) is 4.00. The van der Waals surface area contributed by atoms with Crippen molar-refractivity contribution in [1.82, 2.24) is 18.9 Å². The van der Waals surface area contributed by atoms with Crippen molar-refractivity contribution in [3.63, 3.8) is 0 Å². The molecule has 10 nitrogen and oxygen atoms in total. The Morgan fingerprint density at radius 1 is 1.24 bits per heavy atom. The Hall–Kier alpha value is -3.61. The van der Waals surface area contributed by atoms with Crippen LogP contribution in [0, 0.1) is 12.7 Å². The number of carboxylic acid groups (broad SMARTS) is 1. The van der Waals surface area contributed by atoms with E-state index in [1.54, 1.807) is 12.1 Å². The fourth-order valence-corrected chi connectivity index (χ4v) is 6.08. The summed E-state index contributed by atoms with van der Waals surface area (Å²) in [6.07, 6.45) is 4.46. The number of benzene rings is 1.